The molecule has 1 unspecified atom stereocenters. The number of rotatable bonds is 1. The second kappa shape index (κ2) is 3.49. The fourth-order valence-electron chi connectivity index (χ4n) is 2.44. The molecule has 1 fully saturated rings. The van der Waals surface area contributed by atoms with Crippen molar-refractivity contribution in [3.8, 4) is 0 Å². The summed E-state index contributed by atoms with van der Waals surface area (Å²) in [5.41, 5.74) is 3.11. The Morgan fingerprint density at radius 1 is 1.44 bits per heavy atom. The predicted octanol–water partition coefficient (Wildman–Crippen LogP) is 1.29. The van der Waals surface area contributed by atoms with Gasteiger partial charge in [0.05, 0.1) is 11.0 Å². The van der Waals surface area contributed by atoms with Crippen molar-refractivity contribution < 1.29 is 0 Å². The van der Waals surface area contributed by atoms with Crippen LogP contribution in [0.15, 0.2) is 23.0 Å². The van der Waals surface area contributed by atoms with E-state index in [0.29, 0.717) is 6.04 Å². The number of hydrogen-bond acceptors (Lipinski definition) is 2. The first-order valence-corrected chi connectivity index (χ1v) is 5.68. The summed E-state index contributed by atoms with van der Waals surface area (Å²) in [6.45, 7) is 1.09. The molecule has 0 aliphatic carbocycles. The lowest BCUT2D eigenvalue weighted by Gasteiger charge is -2.10. The molecule has 1 aromatic heterocycles. The molecule has 1 saturated heterocycles. The molecular formula is C12H15N3O. The molecule has 2 heterocycles. The van der Waals surface area contributed by atoms with Crippen LogP contribution in [0.2, 0.25) is 0 Å². The third-order valence-electron chi connectivity index (χ3n) is 3.39. The summed E-state index contributed by atoms with van der Waals surface area (Å²) in [5.74, 6) is 0. The highest BCUT2D eigenvalue weighted by atomic mass is 16.1. The van der Waals surface area contributed by atoms with Crippen molar-refractivity contribution in [3.63, 3.8) is 0 Å². The summed E-state index contributed by atoms with van der Waals surface area (Å²) < 4.78 is 1.64. The summed E-state index contributed by atoms with van der Waals surface area (Å²) in [4.78, 5) is 14.3. The number of nitrogens with zero attached hydrogens (tertiary/aromatic N) is 1. The van der Waals surface area contributed by atoms with E-state index in [-0.39, 0.29) is 5.69 Å². The molecule has 84 valence electrons. The third-order valence-corrected chi connectivity index (χ3v) is 3.39. The van der Waals surface area contributed by atoms with Gasteiger partial charge in [-0.2, -0.15) is 0 Å². The Labute approximate surface area is 93.3 Å². The number of aromatic amines is 1. The number of benzene rings is 1. The molecule has 1 aliphatic heterocycles. The second-order valence-electron chi connectivity index (χ2n) is 4.41. The lowest BCUT2D eigenvalue weighted by molar-refractivity contribution is 0.648. The zero-order valence-corrected chi connectivity index (χ0v) is 9.29. The zero-order chi connectivity index (χ0) is 11.1. The lowest BCUT2D eigenvalue weighted by Crippen LogP contribution is -2.12. The van der Waals surface area contributed by atoms with E-state index in [1.54, 1.807) is 11.6 Å². The molecule has 0 spiro atoms. The maximum Gasteiger partial charge on any atom is 0.326 e. The van der Waals surface area contributed by atoms with Crippen molar-refractivity contribution in [2.24, 2.45) is 7.05 Å². The molecule has 3 rings (SSSR count). The molecular weight excluding hydrogens is 202 g/mol. The van der Waals surface area contributed by atoms with Gasteiger partial charge in [-0.1, -0.05) is 6.07 Å². The number of imidazole rings is 1. The Bertz CT molecular complexity index is 575. The molecule has 1 atom stereocenters. The van der Waals surface area contributed by atoms with E-state index in [2.05, 4.69) is 22.4 Å². The smallest absolute Gasteiger partial charge is 0.310 e. The summed E-state index contributed by atoms with van der Waals surface area (Å²) >= 11 is 0. The molecule has 0 saturated carbocycles. The van der Waals surface area contributed by atoms with Gasteiger partial charge in [0.25, 0.3) is 0 Å². The Hall–Kier alpha value is -1.55. The van der Waals surface area contributed by atoms with Gasteiger partial charge in [0.2, 0.25) is 0 Å². The first-order chi connectivity index (χ1) is 7.75. The first-order valence-electron chi connectivity index (χ1n) is 5.68. The lowest BCUT2D eigenvalue weighted by atomic mass is 10.0. The monoisotopic (exact) mass is 217 g/mol. The average Bonchev–Trinajstić information content (AvgIpc) is 2.88. The van der Waals surface area contributed by atoms with E-state index < -0.39 is 0 Å². The van der Waals surface area contributed by atoms with Gasteiger partial charge in [0.15, 0.2) is 0 Å². The normalized spacial score (nSPS) is 20.7. The van der Waals surface area contributed by atoms with Crippen LogP contribution in [0.3, 0.4) is 0 Å². The van der Waals surface area contributed by atoms with E-state index in [1.165, 1.54) is 18.4 Å². The first kappa shape index (κ1) is 9.66. The standard InChI is InChI=1S/C12H15N3O/c1-15-11-5-4-8(9-3-2-6-13-9)7-10(11)14-12(15)16/h4-5,7,9,13H,2-3,6H2,1H3,(H,14,16). The minimum absolute atomic E-state index is 0.0495. The van der Waals surface area contributed by atoms with Gasteiger partial charge in [-0.3, -0.25) is 4.57 Å². The van der Waals surface area contributed by atoms with E-state index in [9.17, 15) is 4.79 Å². The Balaban J connectivity index is 2.12. The van der Waals surface area contributed by atoms with Crippen LogP contribution in [0.5, 0.6) is 0 Å². The molecule has 4 heteroatoms. The van der Waals surface area contributed by atoms with Crippen molar-refractivity contribution in [1.29, 1.82) is 0 Å². The minimum Gasteiger partial charge on any atom is -0.310 e. The minimum atomic E-state index is -0.0495. The van der Waals surface area contributed by atoms with Crippen LogP contribution in [-0.4, -0.2) is 16.1 Å². The SMILES string of the molecule is Cn1c(=O)[nH]c2cc(C3CCCN3)ccc21. The van der Waals surface area contributed by atoms with Gasteiger partial charge >= 0.3 is 5.69 Å². The molecule has 16 heavy (non-hydrogen) atoms. The van der Waals surface area contributed by atoms with Gasteiger partial charge in [0, 0.05) is 13.1 Å². The molecule has 4 nitrogen and oxygen atoms in total. The van der Waals surface area contributed by atoms with Gasteiger partial charge in [-0.05, 0) is 37.1 Å². The second-order valence-corrected chi connectivity index (χ2v) is 4.41. The molecule has 0 bridgehead atoms. The maximum absolute atomic E-state index is 11.5. The average molecular weight is 217 g/mol. The predicted molar refractivity (Wildman–Crippen MR) is 63.5 cm³/mol. The Morgan fingerprint density at radius 2 is 2.31 bits per heavy atom. The third kappa shape index (κ3) is 1.38. The highest BCUT2D eigenvalue weighted by Gasteiger charge is 2.16. The van der Waals surface area contributed by atoms with E-state index in [0.717, 1.165) is 17.6 Å². The zero-order valence-electron chi connectivity index (χ0n) is 9.29. The number of aromatic nitrogens is 2. The summed E-state index contributed by atoms with van der Waals surface area (Å²) in [6, 6.07) is 6.66. The fraction of sp³-hybridized carbons (Fsp3) is 0.417. The quantitative estimate of drug-likeness (QED) is 0.756. The van der Waals surface area contributed by atoms with Crippen molar-refractivity contribution in [2.75, 3.05) is 6.54 Å². The van der Waals surface area contributed by atoms with Crippen LogP contribution < -0.4 is 11.0 Å². The van der Waals surface area contributed by atoms with Gasteiger partial charge in [0.1, 0.15) is 0 Å². The Morgan fingerprint density at radius 3 is 3.06 bits per heavy atom. The van der Waals surface area contributed by atoms with Crippen molar-refractivity contribution in [3.05, 3.63) is 34.2 Å². The number of nitrogens with one attached hydrogen (secondary N) is 2. The highest BCUT2D eigenvalue weighted by Crippen LogP contribution is 2.24. The molecule has 2 aromatic rings. The van der Waals surface area contributed by atoms with Gasteiger partial charge < -0.3 is 10.3 Å². The molecule has 0 amide bonds. The van der Waals surface area contributed by atoms with Crippen LogP contribution >= 0.6 is 0 Å². The van der Waals surface area contributed by atoms with Crippen molar-refractivity contribution in [1.82, 2.24) is 14.9 Å². The van der Waals surface area contributed by atoms with E-state index >= 15 is 0 Å². The van der Waals surface area contributed by atoms with Crippen LogP contribution in [0.1, 0.15) is 24.4 Å². The highest BCUT2D eigenvalue weighted by molar-refractivity contribution is 5.76. The summed E-state index contributed by atoms with van der Waals surface area (Å²) in [6.07, 6.45) is 2.41. The molecule has 2 N–H and O–H groups in total. The fourth-order valence-corrected chi connectivity index (χ4v) is 2.44. The van der Waals surface area contributed by atoms with Crippen LogP contribution in [0.4, 0.5) is 0 Å². The Kier molecular flexibility index (Phi) is 2.11. The summed E-state index contributed by atoms with van der Waals surface area (Å²) in [5, 5.41) is 3.46. The number of H-pyrrole nitrogens is 1. The van der Waals surface area contributed by atoms with Gasteiger partial charge in [-0.15, -0.1) is 0 Å². The van der Waals surface area contributed by atoms with Crippen LogP contribution in [-0.2, 0) is 7.05 Å². The number of aryl methyl sites for hydroxylation is 1. The van der Waals surface area contributed by atoms with Crippen LogP contribution in [0.25, 0.3) is 11.0 Å². The molecule has 1 aliphatic rings. The molecule has 0 radical (unpaired) electrons. The van der Waals surface area contributed by atoms with Gasteiger partial charge in [-0.25, -0.2) is 4.79 Å². The maximum atomic E-state index is 11.5. The van der Waals surface area contributed by atoms with Crippen molar-refractivity contribution >= 4 is 11.0 Å². The van der Waals surface area contributed by atoms with Crippen LogP contribution in [0, 0.1) is 0 Å². The number of hydrogen-bond donors (Lipinski definition) is 2. The van der Waals surface area contributed by atoms with Crippen molar-refractivity contribution in [2.45, 2.75) is 18.9 Å². The topological polar surface area (TPSA) is 49.8 Å². The molecule has 1 aromatic carbocycles. The largest absolute Gasteiger partial charge is 0.326 e. The van der Waals surface area contributed by atoms with E-state index in [1.807, 2.05) is 6.07 Å². The van der Waals surface area contributed by atoms with E-state index in [4.69, 9.17) is 0 Å². The summed E-state index contributed by atoms with van der Waals surface area (Å²) in [7, 11) is 1.79. The number of fused-ring (bicyclic) bond motifs is 1.